The SMILES string of the molecule is COCCOc1cc([N+](=O)[O-])c(C(=O)NC2CCNC(C)C2)cc1OC. The third kappa shape index (κ3) is 5.06. The molecule has 0 aliphatic carbocycles. The molecule has 2 unspecified atom stereocenters. The molecular formula is C17H25N3O6. The van der Waals surface area contributed by atoms with Crippen molar-refractivity contribution >= 4 is 11.6 Å². The number of nitrogens with one attached hydrogen (secondary N) is 2. The van der Waals surface area contributed by atoms with Gasteiger partial charge < -0.3 is 24.8 Å². The lowest BCUT2D eigenvalue weighted by Gasteiger charge is -2.28. The molecule has 1 aromatic carbocycles. The van der Waals surface area contributed by atoms with Crippen LogP contribution in [0, 0.1) is 10.1 Å². The number of nitro benzene ring substituents is 1. The molecule has 1 amide bonds. The van der Waals surface area contributed by atoms with E-state index in [2.05, 4.69) is 10.6 Å². The summed E-state index contributed by atoms with van der Waals surface area (Å²) in [6.07, 6.45) is 1.55. The van der Waals surface area contributed by atoms with Crippen LogP contribution in [0.4, 0.5) is 5.69 Å². The number of benzene rings is 1. The average molecular weight is 367 g/mol. The molecule has 1 aliphatic heterocycles. The van der Waals surface area contributed by atoms with Crippen LogP contribution in [0.2, 0.25) is 0 Å². The first-order valence-corrected chi connectivity index (χ1v) is 8.48. The zero-order chi connectivity index (χ0) is 19.1. The van der Waals surface area contributed by atoms with Gasteiger partial charge in [-0.2, -0.15) is 0 Å². The molecule has 9 heteroatoms. The van der Waals surface area contributed by atoms with Crippen molar-refractivity contribution < 1.29 is 23.9 Å². The van der Waals surface area contributed by atoms with Crippen molar-refractivity contribution in [1.82, 2.24) is 10.6 Å². The Morgan fingerprint density at radius 3 is 2.73 bits per heavy atom. The number of piperidine rings is 1. The summed E-state index contributed by atoms with van der Waals surface area (Å²) in [7, 11) is 2.94. The van der Waals surface area contributed by atoms with Gasteiger partial charge in [0.2, 0.25) is 0 Å². The van der Waals surface area contributed by atoms with Gasteiger partial charge in [0.1, 0.15) is 12.2 Å². The predicted octanol–water partition coefficient (Wildman–Crippen LogP) is 1.50. The number of nitro groups is 1. The summed E-state index contributed by atoms with van der Waals surface area (Å²) in [5, 5.41) is 17.6. The largest absolute Gasteiger partial charge is 0.493 e. The predicted molar refractivity (Wildman–Crippen MR) is 95.0 cm³/mol. The van der Waals surface area contributed by atoms with Crippen LogP contribution in [-0.2, 0) is 4.74 Å². The Morgan fingerprint density at radius 2 is 2.12 bits per heavy atom. The van der Waals surface area contributed by atoms with E-state index in [0.717, 1.165) is 19.4 Å². The summed E-state index contributed by atoms with van der Waals surface area (Å²) in [6.45, 7) is 3.37. The molecule has 2 atom stereocenters. The van der Waals surface area contributed by atoms with Crippen LogP contribution in [0.15, 0.2) is 12.1 Å². The highest BCUT2D eigenvalue weighted by Gasteiger charge is 2.27. The molecule has 0 saturated carbocycles. The van der Waals surface area contributed by atoms with Gasteiger partial charge in [-0.05, 0) is 26.3 Å². The van der Waals surface area contributed by atoms with Gasteiger partial charge in [0.25, 0.3) is 11.6 Å². The third-order valence-corrected chi connectivity index (χ3v) is 4.23. The van der Waals surface area contributed by atoms with Gasteiger partial charge in [-0.1, -0.05) is 0 Å². The summed E-state index contributed by atoms with van der Waals surface area (Å²) < 4.78 is 15.6. The van der Waals surface area contributed by atoms with Gasteiger partial charge in [-0.3, -0.25) is 14.9 Å². The molecule has 2 N–H and O–H groups in total. The summed E-state index contributed by atoms with van der Waals surface area (Å²) >= 11 is 0. The van der Waals surface area contributed by atoms with E-state index < -0.39 is 10.8 Å². The fraction of sp³-hybridized carbons (Fsp3) is 0.588. The van der Waals surface area contributed by atoms with E-state index in [-0.39, 0.29) is 41.4 Å². The number of carbonyl (C=O) groups is 1. The van der Waals surface area contributed by atoms with Crippen molar-refractivity contribution in [2.75, 3.05) is 34.0 Å². The van der Waals surface area contributed by atoms with Gasteiger partial charge in [-0.15, -0.1) is 0 Å². The van der Waals surface area contributed by atoms with E-state index in [9.17, 15) is 14.9 Å². The van der Waals surface area contributed by atoms with E-state index in [4.69, 9.17) is 14.2 Å². The van der Waals surface area contributed by atoms with E-state index in [1.807, 2.05) is 6.92 Å². The lowest BCUT2D eigenvalue weighted by Crippen LogP contribution is -2.46. The van der Waals surface area contributed by atoms with E-state index >= 15 is 0 Å². The van der Waals surface area contributed by atoms with Crippen molar-refractivity contribution in [2.24, 2.45) is 0 Å². The van der Waals surface area contributed by atoms with Crippen LogP contribution >= 0.6 is 0 Å². The van der Waals surface area contributed by atoms with Crippen LogP contribution in [0.25, 0.3) is 0 Å². The highest BCUT2D eigenvalue weighted by Crippen LogP contribution is 2.35. The summed E-state index contributed by atoms with van der Waals surface area (Å²) in [5.41, 5.74) is -0.366. The zero-order valence-corrected chi connectivity index (χ0v) is 15.2. The number of rotatable bonds is 8. The van der Waals surface area contributed by atoms with Crippen LogP contribution in [0.1, 0.15) is 30.1 Å². The minimum atomic E-state index is -0.595. The van der Waals surface area contributed by atoms with Crippen molar-refractivity contribution in [1.29, 1.82) is 0 Å². The van der Waals surface area contributed by atoms with E-state index in [1.165, 1.54) is 26.4 Å². The molecule has 0 spiro atoms. The van der Waals surface area contributed by atoms with E-state index in [0.29, 0.717) is 6.61 Å². The lowest BCUT2D eigenvalue weighted by atomic mass is 10.00. The maximum atomic E-state index is 12.6. The fourth-order valence-corrected chi connectivity index (χ4v) is 2.92. The Kier molecular flexibility index (Phi) is 7.16. The average Bonchev–Trinajstić information content (AvgIpc) is 2.61. The Hall–Kier alpha value is -2.39. The molecule has 1 aliphatic rings. The number of carbonyl (C=O) groups excluding carboxylic acids is 1. The first-order chi connectivity index (χ1) is 12.5. The number of hydrogen-bond donors (Lipinski definition) is 2. The molecule has 1 saturated heterocycles. The quantitative estimate of drug-likeness (QED) is 0.407. The molecule has 0 aromatic heterocycles. The second-order valence-corrected chi connectivity index (χ2v) is 6.17. The maximum absolute atomic E-state index is 12.6. The third-order valence-electron chi connectivity index (χ3n) is 4.23. The standard InChI is InChI=1S/C17H25N3O6/c1-11-8-12(4-5-18-11)19-17(21)13-9-15(25-3)16(26-7-6-24-2)10-14(13)20(22)23/h9-12,18H,4-8H2,1-3H3,(H,19,21). The van der Waals surface area contributed by atoms with Gasteiger partial charge in [-0.25, -0.2) is 0 Å². The lowest BCUT2D eigenvalue weighted by molar-refractivity contribution is -0.385. The Morgan fingerprint density at radius 1 is 1.35 bits per heavy atom. The number of amides is 1. The summed E-state index contributed by atoms with van der Waals surface area (Å²) in [6, 6.07) is 2.83. The molecule has 0 bridgehead atoms. The zero-order valence-electron chi connectivity index (χ0n) is 15.2. The second kappa shape index (κ2) is 9.35. The highest BCUT2D eigenvalue weighted by atomic mass is 16.6. The molecule has 26 heavy (non-hydrogen) atoms. The van der Waals surface area contributed by atoms with Crippen molar-refractivity contribution in [2.45, 2.75) is 31.8 Å². The van der Waals surface area contributed by atoms with Crippen LogP contribution in [-0.4, -0.2) is 56.9 Å². The second-order valence-electron chi connectivity index (χ2n) is 6.17. The molecule has 1 fully saturated rings. The summed E-state index contributed by atoms with van der Waals surface area (Å²) in [5.74, 6) is -0.0311. The number of hydrogen-bond acceptors (Lipinski definition) is 7. The number of methoxy groups -OCH3 is 2. The minimum Gasteiger partial charge on any atom is -0.493 e. The summed E-state index contributed by atoms with van der Waals surface area (Å²) in [4.78, 5) is 23.5. The number of ether oxygens (including phenoxy) is 3. The Labute approximate surface area is 152 Å². The first-order valence-electron chi connectivity index (χ1n) is 8.48. The van der Waals surface area contributed by atoms with Crippen LogP contribution in [0.3, 0.4) is 0 Å². The molecule has 1 aromatic rings. The molecule has 2 rings (SSSR count). The number of nitrogens with zero attached hydrogens (tertiary/aromatic N) is 1. The van der Waals surface area contributed by atoms with E-state index in [1.54, 1.807) is 0 Å². The van der Waals surface area contributed by atoms with Crippen LogP contribution in [0.5, 0.6) is 11.5 Å². The monoisotopic (exact) mass is 367 g/mol. The normalized spacial score (nSPS) is 19.7. The Balaban J connectivity index is 2.24. The van der Waals surface area contributed by atoms with Gasteiger partial charge in [0, 0.05) is 25.3 Å². The first kappa shape index (κ1) is 19.9. The fourth-order valence-electron chi connectivity index (χ4n) is 2.92. The highest BCUT2D eigenvalue weighted by molar-refractivity contribution is 5.99. The molecule has 144 valence electrons. The smallest absolute Gasteiger partial charge is 0.286 e. The molecule has 0 radical (unpaired) electrons. The van der Waals surface area contributed by atoms with Crippen LogP contribution < -0.4 is 20.1 Å². The molecular weight excluding hydrogens is 342 g/mol. The van der Waals surface area contributed by atoms with Crippen molar-refractivity contribution in [3.8, 4) is 11.5 Å². The van der Waals surface area contributed by atoms with Crippen molar-refractivity contribution in [3.05, 3.63) is 27.8 Å². The topological polar surface area (TPSA) is 112 Å². The van der Waals surface area contributed by atoms with Gasteiger partial charge in [0.15, 0.2) is 11.5 Å². The van der Waals surface area contributed by atoms with Crippen molar-refractivity contribution in [3.63, 3.8) is 0 Å². The molecule has 1 heterocycles. The minimum absolute atomic E-state index is 0.0259. The Bertz CT molecular complexity index is 652. The molecule has 9 nitrogen and oxygen atoms in total. The van der Waals surface area contributed by atoms with Gasteiger partial charge >= 0.3 is 0 Å². The maximum Gasteiger partial charge on any atom is 0.286 e. The van der Waals surface area contributed by atoms with Gasteiger partial charge in [0.05, 0.1) is 24.7 Å².